The van der Waals surface area contributed by atoms with Crippen LogP contribution in [0.3, 0.4) is 0 Å². The zero-order chi connectivity index (χ0) is 21.8. The maximum atomic E-state index is 12.9. The fourth-order valence-corrected chi connectivity index (χ4v) is 4.03. The standard InChI is InChI=1S/C23H21N3O4S/c1-3-26(14-21(27)24-15-7-6-8-16(13-15)29-2)23(28)19-12-11-18(30-19)22-25-17-9-4-5-10-20(17)31-22/h4-13H,3,14H2,1-2H3,(H,24,27). The van der Waals surface area contributed by atoms with E-state index in [1.807, 2.05) is 31.2 Å². The monoisotopic (exact) mass is 435 g/mol. The Morgan fingerprint density at radius 2 is 1.97 bits per heavy atom. The van der Waals surface area contributed by atoms with E-state index in [1.54, 1.807) is 43.5 Å². The van der Waals surface area contributed by atoms with Gasteiger partial charge < -0.3 is 19.4 Å². The van der Waals surface area contributed by atoms with E-state index in [2.05, 4.69) is 10.3 Å². The number of ether oxygens (including phenoxy) is 1. The van der Waals surface area contributed by atoms with Crippen molar-refractivity contribution in [2.75, 3.05) is 25.5 Å². The van der Waals surface area contributed by atoms with Crippen LogP contribution in [-0.2, 0) is 4.79 Å². The topological polar surface area (TPSA) is 84.7 Å². The molecule has 2 aromatic heterocycles. The second-order valence-corrected chi connectivity index (χ2v) is 7.78. The summed E-state index contributed by atoms with van der Waals surface area (Å²) in [7, 11) is 1.56. The third kappa shape index (κ3) is 4.59. The molecule has 2 heterocycles. The van der Waals surface area contributed by atoms with Crippen molar-refractivity contribution in [3.63, 3.8) is 0 Å². The summed E-state index contributed by atoms with van der Waals surface area (Å²) in [4.78, 5) is 31.3. The molecule has 158 valence electrons. The summed E-state index contributed by atoms with van der Waals surface area (Å²) >= 11 is 1.50. The van der Waals surface area contributed by atoms with Crippen LogP contribution in [0.25, 0.3) is 21.0 Å². The number of methoxy groups -OCH3 is 1. The van der Waals surface area contributed by atoms with Gasteiger partial charge in [-0.25, -0.2) is 4.98 Å². The fraction of sp³-hybridized carbons (Fsp3) is 0.174. The molecule has 0 saturated carbocycles. The molecule has 0 saturated heterocycles. The Bertz CT molecular complexity index is 1200. The molecule has 0 fully saturated rings. The first-order valence-electron chi connectivity index (χ1n) is 9.76. The molecule has 0 spiro atoms. The van der Waals surface area contributed by atoms with Crippen molar-refractivity contribution >= 4 is 39.1 Å². The number of amides is 2. The van der Waals surface area contributed by atoms with Gasteiger partial charge in [-0.1, -0.05) is 18.2 Å². The van der Waals surface area contributed by atoms with Crippen LogP contribution in [0.2, 0.25) is 0 Å². The molecule has 4 rings (SSSR count). The number of rotatable bonds is 7. The molecule has 0 atom stereocenters. The summed E-state index contributed by atoms with van der Waals surface area (Å²) in [5.41, 5.74) is 1.49. The lowest BCUT2D eigenvalue weighted by Crippen LogP contribution is -2.37. The number of aromatic nitrogens is 1. The summed E-state index contributed by atoms with van der Waals surface area (Å²) in [6.07, 6.45) is 0. The van der Waals surface area contributed by atoms with Crippen molar-refractivity contribution < 1.29 is 18.7 Å². The number of hydrogen-bond acceptors (Lipinski definition) is 6. The van der Waals surface area contributed by atoms with E-state index < -0.39 is 0 Å². The smallest absolute Gasteiger partial charge is 0.290 e. The molecular formula is C23H21N3O4S. The lowest BCUT2D eigenvalue weighted by Gasteiger charge is -2.19. The van der Waals surface area contributed by atoms with Crippen molar-refractivity contribution in [2.24, 2.45) is 0 Å². The zero-order valence-corrected chi connectivity index (χ0v) is 17.9. The maximum Gasteiger partial charge on any atom is 0.290 e. The lowest BCUT2D eigenvalue weighted by molar-refractivity contribution is -0.116. The summed E-state index contributed by atoms with van der Waals surface area (Å²) in [6.45, 7) is 2.08. The van der Waals surface area contributed by atoms with Crippen LogP contribution in [0.5, 0.6) is 5.75 Å². The molecule has 0 unspecified atom stereocenters. The highest BCUT2D eigenvalue weighted by Gasteiger charge is 2.22. The van der Waals surface area contributed by atoms with Gasteiger partial charge in [0.2, 0.25) is 5.91 Å². The Balaban J connectivity index is 1.45. The van der Waals surface area contributed by atoms with Crippen LogP contribution in [0.4, 0.5) is 5.69 Å². The van der Waals surface area contributed by atoms with Crippen LogP contribution < -0.4 is 10.1 Å². The highest BCUT2D eigenvalue weighted by Crippen LogP contribution is 2.31. The number of para-hydroxylation sites is 1. The van der Waals surface area contributed by atoms with Gasteiger partial charge in [-0.05, 0) is 43.3 Å². The first kappa shape index (κ1) is 20.6. The van der Waals surface area contributed by atoms with Gasteiger partial charge in [0.1, 0.15) is 12.3 Å². The van der Waals surface area contributed by atoms with E-state index >= 15 is 0 Å². The largest absolute Gasteiger partial charge is 0.497 e. The molecular weight excluding hydrogens is 414 g/mol. The molecule has 1 N–H and O–H groups in total. The number of fused-ring (bicyclic) bond motifs is 1. The van der Waals surface area contributed by atoms with E-state index in [9.17, 15) is 9.59 Å². The first-order valence-corrected chi connectivity index (χ1v) is 10.6. The van der Waals surface area contributed by atoms with Crippen LogP contribution in [0.15, 0.2) is 65.1 Å². The molecule has 0 aliphatic rings. The SMILES string of the molecule is CCN(CC(=O)Nc1cccc(OC)c1)C(=O)c1ccc(-c2nc3ccccc3s2)o1. The molecule has 31 heavy (non-hydrogen) atoms. The Labute approximate surface area is 183 Å². The fourth-order valence-electron chi connectivity index (χ4n) is 3.10. The lowest BCUT2D eigenvalue weighted by atomic mass is 10.3. The molecule has 2 amide bonds. The van der Waals surface area contributed by atoms with E-state index in [1.165, 1.54) is 16.2 Å². The Kier molecular flexibility index (Phi) is 5.99. The number of furan rings is 1. The van der Waals surface area contributed by atoms with E-state index in [0.717, 1.165) is 10.2 Å². The number of thiazole rings is 1. The minimum atomic E-state index is -0.351. The minimum Gasteiger partial charge on any atom is -0.497 e. The number of nitrogens with zero attached hydrogens (tertiary/aromatic N) is 2. The quantitative estimate of drug-likeness (QED) is 0.456. The van der Waals surface area contributed by atoms with E-state index in [0.29, 0.717) is 28.7 Å². The number of carbonyl (C=O) groups excluding carboxylic acids is 2. The van der Waals surface area contributed by atoms with Crippen molar-refractivity contribution in [3.05, 3.63) is 66.4 Å². The number of hydrogen-bond donors (Lipinski definition) is 1. The van der Waals surface area contributed by atoms with Gasteiger partial charge in [-0.3, -0.25) is 9.59 Å². The molecule has 2 aromatic carbocycles. The summed E-state index contributed by atoms with van der Waals surface area (Å²) in [6, 6.07) is 18.2. The van der Waals surface area contributed by atoms with Gasteiger partial charge in [0.25, 0.3) is 5.91 Å². The van der Waals surface area contributed by atoms with E-state index in [4.69, 9.17) is 9.15 Å². The summed E-state index contributed by atoms with van der Waals surface area (Å²) in [5.74, 6) is 0.683. The van der Waals surface area contributed by atoms with Crippen LogP contribution in [0.1, 0.15) is 17.5 Å². The highest BCUT2D eigenvalue weighted by molar-refractivity contribution is 7.21. The van der Waals surface area contributed by atoms with Crippen molar-refractivity contribution in [1.29, 1.82) is 0 Å². The van der Waals surface area contributed by atoms with Gasteiger partial charge in [0, 0.05) is 18.3 Å². The number of anilines is 1. The molecule has 0 radical (unpaired) electrons. The summed E-state index contributed by atoms with van der Waals surface area (Å²) in [5, 5.41) is 3.49. The molecule has 0 bridgehead atoms. The van der Waals surface area contributed by atoms with Crippen LogP contribution >= 0.6 is 11.3 Å². The molecule has 8 heteroatoms. The number of carbonyl (C=O) groups is 2. The highest BCUT2D eigenvalue weighted by atomic mass is 32.1. The first-order chi connectivity index (χ1) is 15.1. The predicted molar refractivity (Wildman–Crippen MR) is 121 cm³/mol. The van der Waals surface area contributed by atoms with Gasteiger partial charge in [-0.15, -0.1) is 11.3 Å². The second kappa shape index (κ2) is 9.01. The predicted octanol–water partition coefficient (Wildman–Crippen LogP) is 4.67. The Morgan fingerprint density at radius 3 is 2.74 bits per heavy atom. The van der Waals surface area contributed by atoms with Gasteiger partial charge in [0.15, 0.2) is 16.5 Å². The summed E-state index contributed by atoms with van der Waals surface area (Å²) < 4.78 is 12.0. The Hall–Kier alpha value is -3.65. The molecule has 4 aromatic rings. The normalized spacial score (nSPS) is 10.8. The van der Waals surface area contributed by atoms with Gasteiger partial charge >= 0.3 is 0 Å². The van der Waals surface area contributed by atoms with Gasteiger partial charge in [-0.2, -0.15) is 0 Å². The van der Waals surface area contributed by atoms with Crippen molar-refractivity contribution in [3.8, 4) is 16.5 Å². The number of likely N-dealkylation sites (N-methyl/N-ethyl adjacent to an activating group) is 1. The van der Waals surface area contributed by atoms with Crippen LogP contribution in [0, 0.1) is 0 Å². The number of benzene rings is 2. The zero-order valence-electron chi connectivity index (χ0n) is 17.1. The van der Waals surface area contributed by atoms with Crippen molar-refractivity contribution in [2.45, 2.75) is 6.92 Å². The van der Waals surface area contributed by atoms with Crippen LogP contribution in [-0.4, -0.2) is 41.9 Å². The van der Waals surface area contributed by atoms with Gasteiger partial charge in [0.05, 0.1) is 17.3 Å². The maximum absolute atomic E-state index is 12.9. The Morgan fingerprint density at radius 1 is 1.13 bits per heavy atom. The third-order valence-corrected chi connectivity index (χ3v) is 5.73. The van der Waals surface area contributed by atoms with Crippen molar-refractivity contribution in [1.82, 2.24) is 9.88 Å². The average Bonchev–Trinajstić information content (AvgIpc) is 3.44. The third-order valence-electron chi connectivity index (χ3n) is 4.68. The molecule has 0 aliphatic carbocycles. The minimum absolute atomic E-state index is 0.0935. The average molecular weight is 436 g/mol. The molecule has 0 aliphatic heterocycles. The van der Waals surface area contributed by atoms with E-state index in [-0.39, 0.29) is 24.1 Å². The number of nitrogens with one attached hydrogen (secondary N) is 1. The molecule has 7 nitrogen and oxygen atoms in total. The second-order valence-electron chi connectivity index (χ2n) is 6.75.